The smallest absolute Gasteiger partial charge is 0.416 e. The zero-order valence-electron chi connectivity index (χ0n) is 26.4. The molecule has 0 spiro atoms. The maximum absolute atomic E-state index is 13.7. The predicted octanol–water partition coefficient (Wildman–Crippen LogP) is 6.98. The van der Waals surface area contributed by atoms with Crippen LogP contribution in [0.5, 0.6) is 5.88 Å². The Bertz CT molecular complexity index is 1620. The molecule has 1 amide bonds. The maximum atomic E-state index is 13.7. The molecule has 0 saturated carbocycles. The Labute approximate surface area is 272 Å². The van der Waals surface area contributed by atoms with Crippen molar-refractivity contribution >= 4 is 29.2 Å². The Morgan fingerprint density at radius 1 is 0.979 bits per heavy atom. The number of carbonyl (C=O) groups is 2. The number of amides is 1. The van der Waals surface area contributed by atoms with Gasteiger partial charge in [-0.25, -0.2) is 19.7 Å². The molecule has 2 aromatic heterocycles. The molecule has 1 N–H and O–H groups in total. The number of alkyl halides is 6. The first-order valence-electron chi connectivity index (χ1n) is 15.4. The minimum atomic E-state index is -5.01. The van der Waals surface area contributed by atoms with Crippen molar-refractivity contribution in [2.45, 2.75) is 70.4 Å². The third-order valence-electron chi connectivity index (χ3n) is 8.31. The van der Waals surface area contributed by atoms with E-state index in [9.17, 15) is 35.9 Å². The van der Waals surface area contributed by atoms with Crippen molar-refractivity contribution in [1.29, 1.82) is 0 Å². The molecule has 5 rings (SSSR count). The molecule has 0 bridgehead atoms. The number of ether oxygens (including phenoxy) is 2. The summed E-state index contributed by atoms with van der Waals surface area (Å²) < 4.78 is 92.7. The third kappa shape index (κ3) is 7.57. The number of fused-ring (bicyclic) bond motifs is 1. The summed E-state index contributed by atoms with van der Waals surface area (Å²) in [5, 5.41) is 3.23. The normalized spacial score (nSPS) is 18.4. The first-order chi connectivity index (χ1) is 22.7. The van der Waals surface area contributed by atoms with Crippen molar-refractivity contribution in [2.75, 3.05) is 41.9 Å². The fourth-order valence-electron chi connectivity index (χ4n) is 5.97. The van der Waals surface area contributed by atoms with Gasteiger partial charge < -0.3 is 19.7 Å². The highest BCUT2D eigenvalue weighted by Gasteiger charge is 2.39. The number of hydrogen-bond donors (Lipinski definition) is 1. The standard InChI is InChI=1S/C32H34F6N6O4/c1-4-21-16-24(28-25(6-7-27(42-28)47-3)44(21)30(46)48-5-2)41-29-39-17-26(43-10-8-22(45)9-11-43)23(40-29)14-18-12-19(31(33,34)35)15-20(13-18)32(36,37)38/h6-7,12-13,15,17,21,24H,4-5,8-11,14,16H2,1-3H3,(H,39,40,41)/t21-,24+/m1/s1. The highest BCUT2D eigenvalue weighted by molar-refractivity contribution is 5.90. The molecule has 2 aliphatic heterocycles. The van der Waals surface area contributed by atoms with E-state index >= 15 is 0 Å². The van der Waals surface area contributed by atoms with Crippen LogP contribution in [0.4, 0.5) is 48.5 Å². The Morgan fingerprint density at radius 2 is 1.65 bits per heavy atom. The fraction of sp³-hybridized carbons (Fsp3) is 0.469. The summed E-state index contributed by atoms with van der Waals surface area (Å²) in [6, 6.07) is 3.85. The summed E-state index contributed by atoms with van der Waals surface area (Å²) >= 11 is 0. The number of ketones is 1. The minimum absolute atomic E-state index is 0.0425. The summed E-state index contributed by atoms with van der Waals surface area (Å²) in [6.45, 7) is 4.35. The number of methoxy groups -OCH3 is 1. The van der Waals surface area contributed by atoms with Crippen LogP contribution in [-0.4, -0.2) is 59.7 Å². The van der Waals surface area contributed by atoms with Gasteiger partial charge in [0.15, 0.2) is 0 Å². The topological polar surface area (TPSA) is 110 Å². The van der Waals surface area contributed by atoms with Gasteiger partial charge in [0.1, 0.15) is 5.78 Å². The van der Waals surface area contributed by atoms with Crippen LogP contribution in [0, 0.1) is 0 Å². The van der Waals surface area contributed by atoms with Gasteiger partial charge in [-0.3, -0.25) is 9.69 Å². The molecule has 48 heavy (non-hydrogen) atoms. The number of carbonyl (C=O) groups excluding carboxylic acids is 2. The van der Waals surface area contributed by atoms with Gasteiger partial charge in [-0.05, 0) is 49.6 Å². The number of piperidine rings is 1. The quantitative estimate of drug-likeness (QED) is 0.252. The molecule has 16 heteroatoms. The second-order valence-electron chi connectivity index (χ2n) is 11.5. The van der Waals surface area contributed by atoms with Crippen LogP contribution in [0.3, 0.4) is 0 Å². The summed E-state index contributed by atoms with van der Waals surface area (Å²) in [5.41, 5.74) is -1.64. The molecule has 10 nitrogen and oxygen atoms in total. The van der Waals surface area contributed by atoms with Crippen molar-refractivity contribution in [3.8, 4) is 5.88 Å². The Morgan fingerprint density at radius 3 is 2.23 bits per heavy atom. The van der Waals surface area contributed by atoms with E-state index in [-0.39, 0.29) is 66.8 Å². The number of nitrogens with one attached hydrogen (secondary N) is 1. The summed E-state index contributed by atoms with van der Waals surface area (Å²) in [6.07, 6.45) is -8.15. The summed E-state index contributed by atoms with van der Waals surface area (Å²) in [4.78, 5) is 41.9. The van der Waals surface area contributed by atoms with Gasteiger partial charge >= 0.3 is 18.4 Å². The lowest BCUT2D eigenvalue weighted by atomic mass is 9.93. The monoisotopic (exact) mass is 680 g/mol. The van der Waals surface area contributed by atoms with Gasteiger partial charge in [0.25, 0.3) is 0 Å². The lowest BCUT2D eigenvalue weighted by Gasteiger charge is -2.39. The molecule has 258 valence electrons. The molecule has 2 atom stereocenters. The van der Waals surface area contributed by atoms with Crippen LogP contribution >= 0.6 is 0 Å². The van der Waals surface area contributed by atoms with Crippen LogP contribution < -0.4 is 19.9 Å². The molecule has 2 aliphatic rings. The fourth-order valence-corrected chi connectivity index (χ4v) is 5.97. The molecule has 1 aromatic carbocycles. The van der Waals surface area contributed by atoms with E-state index in [0.717, 1.165) is 0 Å². The lowest BCUT2D eigenvalue weighted by molar-refractivity contribution is -0.143. The first kappa shape index (κ1) is 34.7. The van der Waals surface area contributed by atoms with Crippen LogP contribution in [0.2, 0.25) is 0 Å². The van der Waals surface area contributed by atoms with Gasteiger partial charge in [0.05, 0.1) is 59.8 Å². The number of nitrogens with zero attached hydrogens (tertiary/aromatic N) is 5. The van der Waals surface area contributed by atoms with Crippen molar-refractivity contribution in [2.24, 2.45) is 0 Å². The third-order valence-corrected chi connectivity index (χ3v) is 8.31. The van der Waals surface area contributed by atoms with Gasteiger partial charge in [0, 0.05) is 44.5 Å². The Hall–Kier alpha value is -4.63. The molecular formula is C32H34F6N6O4. The van der Waals surface area contributed by atoms with Crippen LogP contribution in [0.25, 0.3) is 0 Å². The van der Waals surface area contributed by atoms with Crippen LogP contribution in [0.15, 0.2) is 36.5 Å². The molecule has 0 radical (unpaired) electrons. The van der Waals surface area contributed by atoms with Crippen LogP contribution in [-0.2, 0) is 28.3 Å². The number of Topliss-reactive ketones (excluding diaryl/α,β-unsaturated/α-hetero) is 1. The number of rotatable bonds is 8. The van der Waals surface area contributed by atoms with E-state index in [4.69, 9.17) is 9.47 Å². The maximum Gasteiger partial charge on any atom is 0.416 e. The van der Waals surface area contributed by atoms with Gasteiger partial charge in [-0.15, -0.1) is 0 Å². The van der Waals surface area contributed by atoms with Crippen LogP contribution in [0.1, 0.15) is 73.7 Å². The zero-order valence-corrected chi connectivity index (χ0v) is 26.4. The Balaban J connectivity index is 1.56. The number of aromatic nitrogens is 3. The number of pyridine rings is 1. The molecule has 1 fully saturated rings. The number of anilines is 3. The van der Waals surface area contributed by atoms with E-state index in [1.165, 1.54) is 18.2 Å². The van der Waals surface area contributed by atoms with E-state index in [0.29, 0.717) is 55.1 Å². The average molecular weight is 681 g/mol. The average Bonchev–Trinajstić information content (AvgIpc) is 3.04. The first-order valence-corrected chi connectivity index (χ1v) is 15.4. The number of benzene rings is 1. The highest BCUT2D eigenvalue weighted by Crippen LogP contribution is 2.41. The second kappa shape index (κ2) is 13.8. The molecule has 1 saturated heterocycles. The van der Waals surface area contributed by atoms with Crippen molar-refractivity contribution in [1.82, 2.24) is 15.0 Å². The van der Waals surface area contributed by atoms with E-state index < -0.39 is 35.6 Å². The SMILES string of the molecule is CCOC(=O)N1c2ccc(OC)nc2[C@@H](Nc2ncc(N3CCC(=O)CC3)c(Cc3cc(C(F)(F)F)cc(C(F)(F)F)c3)n2)C[C@H]1CC. The Kier molecular flexibility index (Phi) is 10.0. The van der Waals surface area contributed by atoms with Gasteiger partial charge in [0.2, 0.25) is 11.8 Å². The number of hydrogen-bond acceptors (Lipinski definition) is 9. The molecular weight excluding hydrogens is 646 g/mol. The number of halogens is 6. The largest absolute Gasteiger partial charge is 0.481 e. The summed E-state index contributed by atoms with van der Waals surface area (Å²) in [5.74, 6) is 0.367. The molecule has 4 heterocycles. The minimum Gasteiger partial charge on any atom is -0.481 e. The summed E-state index contributed by atoms with van der Waals surface area (Å²) in [7, 11) is 1.44. The zero-order chi connectivity index (χ0) is 34.8. The molecule has 0 aliphatic carbocycles. The van der Waals surface area contributed by atoms with E-state index in [1.54, 1.807) is 24.0 Å². The second-order valence-corrected chi connectivity index (χ2v) is 11.5. The van der Waals surface area contributed by atoms with Gasteiger partial charge in [-0.1, -0.05) is 6.92 Å². The highest BCUT2D eigenvalue weighted by atomic mass is 19.4. The molecule has 3 aromatic rings. The van der Waals surface area contributed by atoms with Crippen molar-refractivity contribution in [3.05, 3.63) is 64.6 Å². The predicted molar refractivity (Wildman–Crippen MR) is 163 cm³/mol. The lowest BCUT2D eigenvalue weighted by Crippen LogP contribution is -2.46. The van der Waals surface area contributed by atoms with Gasteiger partial charge in [-0.2, -0.15) is 26.3 Å². The van der Waals surface area contributed by atoms with E-state index in [1.807, 2.05) is 6.92 Å². The molecule has 0 unspecified atom stereocenters. The van der Waals surface area contributed by atoms with E-state index in [2.05, 4.69) is 20.3 Å². The van der Waals surface area contributed by atoms with Crippen molar-refractivity contribution < 1.29 is 45.4 Å². The van der Waals surface area contributed by atoms with Crippen molar-refractivity contribution in [3.63, 3.8) is 0 Å².